The minimum absolute atomic E-state index is 0.329. The molecule has 1 N–H and O–H groups in total. The average molecular weight is 355 g/mol. The SMILES string of the molecule is CC(C)c1ccc(/C=C\C(=O)Nc2c(F)c(F)c(F)c(F)c2F)cc1. The van der Waals surface area contributed by atoms with E-state index in [0.717, 1.165) is 11.6 Å². The number of halogens is 5. The van der Waals surface area contributed by atoms with E-state index < -0.39 is 40.7 Å². The molecule has 2 rings (SSSR count). The smallest absolute Gasteiger partial charge is 0.248 e. The van der Waals surface area contributed by atoms with Gasteiger partial charge in [0.2, 0.25) is 11.7 Å². The summed E-state index contributed by atoms with van der Waals surface area (Å²) in [6, 6.07) is 7.17. The zero-order valence-electron chi connectivity index (χ0n) is 13.3. The van der Waals surface area contributed by atoms with Crippen LogP contribution in [0.4, 0.5) is 27.6 Å². The molecule has 1 amide bonds. The quantitative estimate of drug-likeness (QED) is 0.349. The molecule has 0 bridgehead atoms. The highest BCUT2D eigenvalue weighted by Crippen LogP contribution is 2.27. The Labute approximate surface area is 141 Å². The first-order valence-corrected chi connectivity index (χ1v) is 7.32. The maximum atomic E-state index is 13.5. The normalized spacial score (nSPS) is 11.4. The van der Waals surface area contributed by atoms with E-state index in [0.29, 0.717) is 11.5 Å². The van der Waals surface area contributed by atoms with Gasteiger partial charge in [0.25, 0.3) is 0 Å². The topological polar surface area (TPSA) is 29.1 Å². The van der Waals surface area contributed by atoms with Gasteiger partial charge in [0.05, 0.1) is 0 Å². The minimum atomic E-state index is -2.28. The Morgan fingerprint density at radius 3 is 1.84 bits per heavy atom. The molecule has 0 saturated carbocycles. The summed E-state index contributed by atoms with van der Waals surface area (Å²) in [5.74, 6) is -11.4. The Balaban J connectivity index is 2.18. The standard InChI is InChI=1S/C18H14F5NO/c1-9(2)11-6-3-10(4-7-11)5-8-12(25)24-18-16(22)14(20)13(19)15(21)17(18)23/h3-9H,1-2H3,(H,24,25)/b8-5-. The van der Waals surface area contributed by atoms with Crippen molar-refractivity contribution in [2.45, 2.75) is 19.8 Å². The van der Waals surface area contributed by atoms with Crippen molar-refractivity contribution in [3.63, 3.8) is 0 Å². The van der Waals surface area contributed by atoms with Crippen LogP contribution in [0.1, 0.15) is 30.9 Å². The van der Waals surface area contributed by atoms with Gasteiger partial charge in [0.1, 0.15) is 5.69 Å². The summed E-state index contributed by atoms with van der Waals surface area (Å²) in [7, 11) is 0. The van der Waals surface area contributed by atoms with E-state index in [1.165, 1.54) is 6.08 Å². The number of anilines is 1. The molecule has 0 atom stereocenters. The molecule has 0 unspecified atom stereocenters. The van der Waals surface area contributed by atoms with Gasteiger partial charge in [-0.05, 0) is 23.1 Å². The summed E-state index contributed by atoms with van der Waals surface area (Å²) in [6.45, 7) is 4.03. The van der Waals surface area contributed by atoms with Gasteiger partial charge in [0, 0.05) is 6.08 Å². The molecule has 2 nitrogen and oxygen atoms in total. The molecule has 0 aromatic heterocycles. The van der Waals surface area contributed by atoms with E-state index in [9.17, 15) is 26.7 Å². The van der Waals surface area contributed by atoms with Crippen molar-refractivity contribution in [1.29, 1.82) is 0 Å². The van der Waals surface area contributed by atoms with Gasteiger partial charge in [-0.25, -0.2) is 22.0 Å². The molecular weight excluding hydrogens is 341 g/mol. The third kappa shape index (κ3) is 4.04. The van der Waals surface area contributed by atoms with Crippen LogP contribution in [0, 0.1) is 29.1 Å². The fourth-order valence-electron chi connectivity index (χ4n) is 2.04. The highest BCUT2D eigenvalue weighted by Gasteiger charge is 2.26. The van der Waals surface area contributed by atoms with Crippen LogP contribution in [0.15, 0.2) is 30.3 Å². The van der Waals surface area contributed by atoms with Crippen molar-refractivity contribution in [1.82, 2.24) is 0 Å². The van der Waals surface area contributed by atoms with Gasteiger partial charge >= 0.3 is 0 Å². The van der Waals surface area contributed by atoms with Crippen LogP contribution >= 0.6 is 0 Å². The molecule has 0 spiro atoms. The maximum Gasteiger partial charge on any atom is 0.248 e. The first-order valence-electron chi connectivity index (χ1n) is 7.32. The molecule has 2 aromatic rings. The van der Waals surface area contributed by atoms with Gasteiger partial charge in [-0.3, -0.25) is 4.79 Å². The second-order valence-electron chi connectivity index (χ2n) is 5.59. The molecule has 25 heavy (non-hydrogen) atoms. The molecule has 7 heteroatoms. The summed E-state index contributed by atoms with van der Waals surface area (Å²) in [6.07, 6.45) is 2.29. The molecule has 132 valence electrons. The van der Waals surface area contributed by atoms with Crippen LogP contribution in [0.2, 0.25) is 0 Å². The fraction of sp³-hybridized carbons (Fsp3) is 0.167. The van der Waals surface area contributed by atoms with Crippen molar-refractivity contribution in [3.05, 3.63) is 70.6 Å². The molecule has 0 aliphatic carbocycles. The summed E-state index contributed by atoms with van der Waals surface area (Å²) < 4.78 is 66.1. The second kappa shape index (κ2) is 7.46. The van der Waals surface area contributed by atoms with Crippen LogP contribution in [0.5, 0.6) is 0 Å². The number of hydrogen-bond donors (Lipinski definition) is 1. The summed E-state index contributed by atoms with van der Waals surface area (Å²) >= 11 is 0. The van der Waals surface area contributed by atoms with Gasteiger partial charge in [0.15, 0.2) is 23.3 Å². The predicted octanol–water partition coefficient (Wildman–Crippen LogP) is 5.16. The predicted molar refractivity (Wildman–Crippen MR) is 84.4 cm³/mol. The summed E-state index contributed by atoms with van der Waals surface area (Å²) in [4.78, 5) is 11.7. The van der Waals surface area contributed by atoms with E-state index in [4.69, 9.17) is 0 Å². The number of amides is 1. The Hall–Kier alpha value is -2.70. The highest BCUT2D eigenvalue weighted by atomic mass is 19.2. The maximum absolute atomic E-state index is 13.5. The van der Waals surface area contributed by atoms with E-state index >= 15 is 0 Å². The zero-order valence-corrected chi connectivity index (χ0v) is 13.3. The molecule has 0 aliphatic rings. The van der Waals surface area contributed by atoms with Crippen molar-refractivity contribution in [2.75, 3.05) is 5.32 Å². The summed E-state index contributed by atoms with van der Waals surface area (Å²) in [5, 5.41) is 1.66. The Morgan fingerprint density at radius 2 is 1.36 bits per heavy atom. The molecule has 0 heterocycles. The lowest BCUT2D eigenvalue weighted by atomic mass is 10.0. The first-order chi connectivity index (χ1) is 11.7. The van der Waals surface area contributed by atoms with Crippen LogP contribution in [-0.2, 0) is 4.79 Å². The second-order valence-corrected chi connectivity index (χ2v) is 5.59. The van der Waals surface area contributed by atoms with Gasteiger partial charge < -0.3 is 5.32 Å². The van der Waals surface area contributed by atoms with E-state index in [1.54, 1.807) is 17.4 Å². The van der Waals surface area contributed by atoms with Crippen LogP contribution in [0.25, 0.3) is 6.08 Å². The lowest BCUT2D eigenvalue weighted by Crippen LogP contribution is -2.14. The number of nitrogens with one attached hydrogen (secondary N) is 1. The Bertz CT molecular complexity index is 799. The minimum Gasteiger partial charge on any atom is -0.317 e. The third-order valence-corrected chi connectivity index (χ3v) is 3.49. The van der Waals surface area contributed by atoms with Crippen molar-refractivity contribution >= 4 is 17.7 Å². The first kappa shape index (κ1) is 18.6. The molecular formula is C18H14F5NO. The number of rotatable bonds is 4. The number of carbonyl (C=O) groups is 1. The lowest BCUT2D eigenvalue weighted by Gasteiger charge is -2.08. The monoisotopic (exact) mass is 355 g/mol. The number of hydrogen-bond acceptors (Lipinski definition) is 1. The van der Waals surface area contributed by atoms with Gasteiger partial charge in [-0.1, -0.05) is 38.1 Å². The molecule has 0 radical (unpaired) electrons. The molecule has 0 aliphatic heterocycles. The van der Waals surface area contributed by atoms with Crippen molar-refractivity contribution in [2.24, 2.45) is 0 Å². The van der Waals surface area contributed by atoms with Gasteiger partial charge in [-0.15, -0.1) is 0 Å². The van der Waals surface area contributed by atoms with E-state index in [-0.39, 0.29) is 0 Å². The molecule has 2 aromatic carbocycles. The van der Waals surface area contributed by atoms with Crippen molar-refractivity contribution in [3.8, 4) is 0 Å². The van der Waals surface area contributed by atoms with Gasteiger partial charge in [-0.2, -0.15) is 0 Å². The van der Waals surface area contributed by atoms with E-state index in [2.05, 4.69) is 0 Å². The number of carbonyl (C=O) groups excluding carboxylic acids is 1. The van der Waals surface area contributed by atoms with Crippen LogP contribution < -0.4 is 5.32 Å². The van der Waals surface area contributed by atoms with Crippen LogP contribution in [0.3, 0.4) is 0 Å². The molecule has 0 fully saturated rings. The molecule has 0 saturated heterocycles. The van der Waals surface area contributed by atoms with Crippen LogP contribution in [-0.4, -0.2) is 5.91 Å². The fourth-order valence-corrected chi connectivity index (χ4v) is 2.04. The average Bonchev–Trinajstić information content (AvgIpc) is 2.60. The van der Waals surface area contributed by atoms with Crippen molar-refractivity contribution < 1.29 is 26.7 Å². The lowest BCUT2D eigenvalue weighted by molar-refractivity contribution is -0.111. The Morgan fingerprint density at radius 1 is 0.880 bits per heavy atom. The number of benzene rings is 2. The highest BCUT2D eigenvalue weighted by molar-refractivity contribution is 6.02. The van der Waals surface area contributed by atoms with E-state index in [1.807, 2.05) is 26.0 Å². The summed E-state index contributed by atoms with van der Waals surface area (Å²) in [5.41, 5.74) is 0.334. The third-order valence-electron chi connectivity index (χ3n) is 3.49. The zero-order chi connectivity index (χ0) is 18.7. The Kier molecular flexibility index (Phi) is 5.56. The largest absolute Gasteiger partial charge is 0.317 e.